The summed E-state index contributed by atoms with van der Waals surface area (Å²) in [6.07, 6.45) is 11.6. The van der Waals surface area contributed by atoms with Crippen molar-refractivity contribution in [2.45, 2.75) is 63.8 Å². The number of carboxylic acid groups (broad SMARTS) is 1. The Bertz CT molecular complexity index is 2050. The second-order valence-corrected chi connectivity index (χ2v) is 16.4. The first-order valence-corrected chi connectivity index (χ1v) is 20.7. The van der Waals surface area contributed by atoms with Crippen LogP contribution in [0.3, 0.4) is 0 Å². The summed E-state index contributed by atoms with van der Waals surface area (Å²) in [5.74, 6) is -2.71. The fraction of sp³-hybridized carbons (Fsp3) is 0.368. The average Bonchev–Trinajstić information content (AvgIpc) is 3.67. The first-order valence-electron chi connectivity index (χ1n) is 17.4. The van der Waals surface area contributed by atoms with Crippen molar-refractivity contribution in [1.29, 1.82) is 0 Å². The first kappa shape index (κ1) is 39.0. The summed E-state index contributed by atoms with van der Waals surface area (Å²) >= 11 is 3.29. The van der Waals surface area contributed by atoms with Gasteiger partial charge in [0, 0.05) is 43.1 Å². The summed E-state index contributed by atoms with van der Waals surface area (Å²) in [7, 11) is -4.35. The van der Waals surface area contributed by atoms with E-state index in [2.05, 4.69) is 58.2 Å². The van der Waals surface area contributed by atoms with Crippen molar-refractivity contribution in [3.8, 4) is 0 Å². The molecule has 1 aliphatic heterocycles. The van der Waals surface area contributed by atoms with Crippen LogP contribution in [0.2, 0.25) is 0 Å². The van der Waals surface area contributed by atoms with Gasteiger partial charge >= 0.3 is 5.97 Å². The molecule has 0 bridgehead atoms. The van der Waals surface area contributed by atoms with Gasteiger partial charge in [-0.1, -0.05) is 72.0 Å². The van der Waals surface area contributed by atoms with Gasteiger partial charge in [0.1, 0.15) is 16.7 Å². The minimum atomic E-state index is -4.35. The molecule has 3 aromatic rings. The Morgan fingerprint density at radius 2 is 1.67 bits per heavy atom. The number of nitrogens with zero attached hydrogens (tertiary/aromatic N) is 2. The lowest BCUT2D eigenvalue weighted by Gasteiger charge is -2.35. The zero-order valence-electron chi connectivity index (χ0n) is 29.3. The number of unbranched alkanes of at least 4 members (excludes halogenated alkanes) is 2. The van der Waals surface area contributed by atoms with E-state index in [9.17, 15) is 27.4 Å². The van der Waals surface area contributed by atoms with E-state index >= 15 is 0 Å². The summed E-state index contributed by atoms with van der Waals surface area (Å²) in [4.78, 5) is 42.6. The van der Waals surface area contributed by atoms with Crippen LogP contribution in [0.1, 0.15) is 57.4 Å². The number of anilines is 1. The standard InChI is InChI=1S/C38H44N4O7S3/c1-3-41-29-12-7-9-14-31(29)50-33(41)19-17-27-24-28(18-20-34-42(4-2)30-13-8-10-15-32(30)51-34)26-38(25-27,37(46)40-22-23-52(47,48)49)36(45)39-21-11-5-6-16-35(43)44/h7-10,12-15,17-20,24H,3-6,11,16,21-23,25-26H2,1-2H3,(H3-,39,40,43,44,45,46,47,48,49)/p+1. The van der Waals surface area contributed by atoms with Crippen molar-refractivity contribution in [3.05, 3.63) is 94.0 Å². The number of aromatic nitrogens is 1. The molecular weight excluding hydrogens is 721 g/mol. The molecule has 0 saturated heterocycles. The monoisotopic (exact) mass is 765 g/mol. The third-order valence-corrected chi connectivity index (χ3v) is 12.0. The molecule has 11 nitrogen and oxygen atoms in total. The molecule has 276 valence electrons. The lowest BCUT2D eigenvalue weighted by Crippen LogP contribution is -2.53. The number of benzene rings is 2. The maximum atomic E-state index is 14.2. The Labute approximate surface area is 312 Å². The molecular formula is C38H45N4O7S3+. The fourth-order valence-electron chi connectivity index (χ4n) is 6.51. The molecule has 1 aliphatic carbocycles. The zero-order valence-corrected chi connectivity index (χ0v) is 31.8. The molecule has 1 unspecified atom stereocenters. The largest absolute Gasteiger partial charge is 0.481 e. The van der Waals surface area contributed by atoms with Crippen LogP contribution in [0.5, 0.6) is 0 Å². The number of hydrogen-bond acceptors (Lipinski definition) is 8. The average molecular weight is 766 g/mol. The van der Waals surface area contributed by atoms with Gasteiger partial charge in [-0.05, 0) is 75.0 Å². The van der Waals surface area contributed by atoms with Gasteiger partial charge < -0.3 is 20.6 Å². The third-order valence-electron chi connectivity index (χ3n) is 9.04. The van der Waals surface area contributed by atoms with Crippen molar-refractivity contribution in [2.75, 3.05) is 30.3 Å². The summed E-state index contributed by atoms with van der Waals surface area (Å²) in [6, 6.07) is 16.3. The molecule has 0 fully saturated rings. The number of carboxylic acids is 1. The molecule has 0 radical (unpaired) electrons. The maximum absolute atomic E-state index is 14.2. The highest BCUT2D eigenvalue weighted by Crippen LogP contribution is 2.46. The highest BCUT2D eigenvalue weighted by Gasteiger charge is 2.48. The minimum absolute atomic E-state index is 0.0366. The highest BCUT2D eigenvalue weighted by atomic mass is 32.2. The highest BCUT2D eigenvalue weighted by molar-refractivity contribution is 8.03. The molecule has 5 rings (SSSR count). The smallest absolute Gasteiger partial charge is 0.303 e. The Balaban J connectivity index is 1.52. The number of hydrogen-bond donors (Lipinski definition) is 4. The fourth-order valence-corrected chi connectivity index (χ4v) is 9.13. The van der Waals surface area contributed by atoms with E-state index in [1.807, 2.05) is 54.6 Å². The summed E-state index contributed by atoms with van der Waals surface area (Å²) in [5.41, 5.74) is 2.09. The third kappa shape index (κ3) is 9.59. The van der Waals surface area contributed by atoms with Crippen molar-refractivity contribution in [2.24, 2.45) is 5.41 Å². The van der Waals surface area contributed by atoms with Gasteiger partial charge in [-0.25, -0.2) is 0 Å². The SMILES string of the molecule is CCN1C(=CC=C2C=C(C=Cc3sc4ccccc4[n+]3CC)CC(C(=O)NCCCCCC(=O)O)(C(=O)NCCS(=O)(=O)O)C2)Sc2ccccc21. The molecule has 2 aliphatic rings. The summed E-state index contributed by atoms with van der Waals surface area (Å²) in [5, 5.41) is 16.5. The molecule has 52 heavy (non-hydrogen) atoms. The van der Waals surface area contributed by atoms with Gasteiger partial charge in [-0.2, -0.15) is 13.0 Å². The van der Waals surface area contributed by atoms with Crippen LogP contribution in [0.25, 0.3) is 16.3 Å². The second-order valence-electron chi connectivity index (χ2n) is 12.7. The van der Waals surface area contributed by atoms with Crippen molar-refractivity contribution in [3.63, 3.8) is 0 Å². The molecule has 2 heterocycles. The van der Waals surface area contributed by atoms with E-state index < -0.39 is 39.1 Å². The number of allylic oxidation sites excluding steroid dienone is 6. The van der Waals surface area contributed by atoms with Crippen molar-refractivity contribution in [1.82, 2.24) is 10.6 Å². The number of aliphatic carboxylic acids is 1. The van der Waals surface area contributed by atoms with Crippen molar-refractivity contribution >= 4 is 73.0 Å². The van der Waals surface area contributed by atoms with Gasteiger partial charge in [0.15, 0.2) is 0 Å². The topological polar surface area (TPSA) is 157 Å². The lowest BCUT2D eigenvalue weighted by atomic mass is 9.70. The first-order chi connectivity index (χ1) is 24.9. The molecule has 2 amide bonds. The van der Waals surface area contributed by atoms with Gasteiger partial charge in [-0.15, -0.1) is 0 Å². The van der Waals surface area contributed by atoms with E-state index in [1.165, 1.54) is 0 Å². The number of aryl methyl sites for hydroxylation is 1. The van der Waals surface area contributed by atoms with Gasteiger partial charge in [0.05, 0.1) is 16.5 Å². The zero-order chi connectivity index (χ0) is 37.3. The molecule has 14 heteroatoms. The number of thioether (sulfide) groups is 1. The predicted octanol–water partition coefficient (Wildman–Crippen LogP) is 6.09. The van der Waals surface area contributed by atoms with Gasteiger partial charge in [0.2, 0.25) is 17.3 Å². The molecule has 1 atom stereocenters. The van der Waals surface area contributed by atoms with E-state index in [1.54, 1.807) is 23.1 Å². The van der Waals surface area contributed by atoms with E-state index in [0.717, 1.165) is 55.1 Å². The van der Waals surface area contributed by atoms with Crippen LogP contribution in [0, 0.1) is 5.41 Å². The Kier molecular flexibility index (Phi) is 13.1. The van der Waals surface area contributed by atoms with Gasteiger partial charge in [0.25, 0.3) is 15.1 Å². The van der Waals surface area contributed by atoms with Crippen LogP contribution in [-0.2, 0) is 31.0 Å². The van der Waals surface area contributed by atoms with Crippen LogP contribution in [0.4, 0.5) is 5.69 Å². The summed E-state index contributed by atoms with van der Waals surface area (Å²) < 4.78 is 35.7. The molecule has 0 saturated carbocycles. The normalized spacial score (nSPS) is 19.0. The lowest BCUT2D eigenvalue weighted by molar-refractivity contribution is -0.665. The number of rotatable bonds is 16. The number of amides is 2. The molecule has 2 aromatic carbocycles. The number of thiazole rings is 1. The van der Waals surface area contributed by atoms with E-state index in [4.69, 9.17) is 5.11 Å². The summed E-state index contributed by atoms with van der Waals surface area (Å²) in [6.45, 7) is 5.55. The second kappa shape index (κ2) is 17.5. The number of nitrogens with one attached hydrogen (secondary N) is 2. The van der Waals surface area contributed by atoms with E-state index in [0.29, 0.717) is 19.3 Å². The maximum Gasteiger partial charge on any atom is 0.303 e. The van der Waals surface area contributed by atoms with Crippen LogP contribution < -0.4 is 20.1 Å². The van der Waals surface area contributed by atoms with E-state index in [-0.39, 0.29) is 32.4 Å². The molecule has 0 spiro atoms. The number of fused-ring (bicyclic) bond motifs is 2. The van der Waals surface area contributed by atoms with Crippen LogP contribution >= 0.6 is 23.1 Å². The predicted molar refractivity (Wildman–Crippen MR) is 207 cm³/mol. The minimum Gasteiger partial charge on any atom is -0.481 e. The molecule has 1 aromatic heterocycles. The number of carbonyl (C=O) groups is 3. The molecule has 4 N–H and O–H groups in total. The van der Waals surface area contributed by atoms with Gasteiger partial charge in [-0.3, -0.25) is 18.9 Å². The quantitative estimate of drug-likeness (QED) is 0.0586. The Hall–Kier alpha value is -4.24. The number of para-hydroxylation sites is 2. The van der Waals surface area contributed by atoms with Crippen LogP contribution in [-0.4, -0.2) is 61.2 Å². The Morgan fingerprint density at radius 1 is 0.942 bits per heavy atom. The van der Waals surface area contributed by atoms with Crippen LogP contribution in [0.15, 0.2) is 93.9 Å². The number of carbonyl (C=O) groups excluding carboxylic acids is 2. The van der Waals surface area contributed by atoms with Crippen molar-refractivity contribution < 1.29 is 37.0 Å². The Morgan fingerprint density at radius 3 is 2.40 bits per heavy atom.